The Morgan fingerprint density at radius 2 is 1.96 bits per heavy atom. The summed E-state index contributed by atoms with van der Waals surface area (Å²) in [5, 5.41) is 20.8. The van der Waals surface area contributed by atoms with Crippen LogP contribution in [0.5, 0.6) is 0 Å². The van der Waals surface area contributed by atoms with Crippen LogP contribution in [0.2, 0.25) is 0 Å². The van der Waals surface area contributed by atoms with Gasteiger partial charge in [-0.25, -0.2) is 13.1 Å². The summed E-state index contributed by atoms with van der Waals surface area (Å²) in [5.74, 6) is 1.40. The summed E-state index contributed by atoms with van der Waals surface area (Å²) in [6, 6.07) is 4.02. The lowest BCUT2D eigenvalue weighted by molar-refractivity contribution is -0.388. The van der Waals surface area contributed by atoms with Gasteiger partial charge in [0, 0.05) is 24.1 Å². The van der Waals surface area contributed by atoms with Crippen LogP contribution in [0.1, 0.15) is 57.3 Å². The first kappa shape index (κ1) is 19.3. The van der Waals surface area contributed by atoms with Crippen LogP contribution < -0.4 is 4.72 Å². The molecule has 0 atom stereocenters. The number of nitro benzene ring substituents is 1. The molecule has 150 valence electrons. The minimum Gasteiger partial charge on any atom is -0.302 e. The van der Waals surface area contributed by atoms with Gasteiger partial charge in [0.15, 0.2) is 5.16 Å². The van der Waals surface area contributed by atoms with Gasteiger partial charge in [-0.3, -0.25) is 10.1 Å². The third-order valence-corrected chi connectivity index (χ3v) is 7.26. The van der Waals surface area contributed by atoms with Crippen LogP contribution in [0, 0.1) is 10.1 Å². The van der Waals surface area contributed by atoms with Gasteiger partial charge in [0.05, 0.1) is 14.7 Å². The number of hydrogen-bond acceptors (Lipinski definition) is 7. The van der Waals surface area contributed by atoms with Crippen LogP contribution in [0.3, 0.4) is 0 Å². The Kier molecular flexibility index (Phi) is 4.92. The van der Waals surface area contributed by atoms with Gasteiger partial charge in [0.1, 0.15) is 5.82 Å². The molecular weight excluding hydrogens is 402 g/mol. The summed E-state index contributed by atoms with van der Waals surface area (Å²) in [5.41, 5.74) is -0.255. The molecule has 0 spiro atoms. The predicted molar refractivity (Wildman–Crippen MR) is 103 cm³/mol. The molecule has 0 radical (unpaired) electrons. The lowest BCUT2D eigenvalue weighted by Gasteiger charge is -2.11. The number of rotatable bonds is 8. The molecule has 2 aliphatic rings. The van der Waals surface area contributed by atoms with E-state index < -0.39 is 14.9 Å². The third-order valence-electron chi connectivity index (χ3n) is 4.57. The van der Waals surface area contributed by atoms with E-state index in [1.165, 1.54) is 23.9 Å². The second kappa shape index (κ2) is 7.12. The van der Waals surface area contributed by atoms with Gasteiger partial charge in [-0.15, -0.1) is 10.2 Å². The highest BCUT2D eigenvalue weighted by Crippen LogP contribution is 2.47. The predicted octanol–water partition coefficient (Wildman–Crippen LogP) is 3.24. The smallest absolute Gasteiger partial charge is 0.284 e. The van der Waals surface area contributed by atoms with E-state index in [-0.39, 0.29) is 16.6 Å². The Labute approximate surface area is 167 Å². The molecule has 0 amide bonds. The quantitative estimate of drug-likeness (QED) is 0.511. The second-order valence-electron chi connectivity index (χ2n) is 7.48. The second-order valence-corrected chi connectivity index (χ2v) is 10.2. The van der Waals surface area contributed by atoms with Gasteiger partial charge in [-0.1, -0.05) is 0 Å². The van der Waals surface area contributed by atoms with Crippen molar-refractivity contribution in [3.63, 3.8) is 0 Å². The molecule has 2 aromatic rings. The number of nitro groups is 1. The molecule has 0 bridgehead atoms. The van der Waals surface area contributed by atoms with E-state index in [4.69, 9.17) is 0 Å². The number of aromatic nitrogens is 3. The van der Waals surface area contributed by atoms with Gasteiger partial charge < -0.3 is 4.57 Å². The largest absolute Gasteiger partial charge is 0.302 e. The topological polar surface area (TPSA) is 120 Å². The monoisotopic (exact) mass is 423 g/mol. The Hall–Kier alpha value is -1.98. The van der Waals surface area contributed by atoms with Crippen molar-refractivity contribution in [2.45, 2.75) is 72.5 Å². The van der Waals surface area contributed by atoms with Gasteiger partial charge in [-0.2, -0.15) is 0 Å². The Morgan fingerprint density at radius 1 is 1.25 bits per heavy atom. The molecule has 1 aromatic carbocycles. The van der Waals surface area contributed by atoms with E-state index in [2.05, 4.69) is 19.5 Å². The van der Waals surface area contributed by atoms with Crippen molar-refractivity contribution in [1.82, 2.24) is 19.5 Å². The summed E-state index contributed by atoms with van der Waals surface area (Å²) < 4.78 is 29.3. The fourth-order valence-electron chi connectivity index (χ4n) is 3.02. The van der Waals surface area contributed by atoms with Crippen LogP contribution >= 0.6 is 11.8 Å². The number of hydrogen-bond donors (Lipinski definition) is 1. The Morgan fingerprint density at radius 3 is 2.54 bits per heavy atom. The minimum absolute atomic E-state index is 0.125. The van der Waals surface area contributed by atoms with E-state index in [1.54, 1.807) is 13.8 Å². The maximum Gasteiger partial charge on any atom is 0.284 e. The third kappa shape index (κ3) is 3.91. The fourth-order valence-corrected chi connectivity index (χ4v) is 5.29. The molecule has 1 aromatic heterocycles. The van der Waals surface area contributed by atoms with E-state index in [0.717, 1.165) is 37.6 Å². The molecule has 11 heteroatoms. The average Bonchev–Trinajstić information content (AvgIpc) is 3.53. The molecule has 0 unspecified atom stereocenters. The zero-order chi connectivity index (χ0) is 20.1. The molecule has 0 saturated heterocycles. The highest BCUT2D eigenvalue weighted by atomic mass is 32.2. The van der Waals surface area contributed by atoms with Crippen LogP contribution in [0.4, 0.5) is 5.69 Å². The highest BCUT2D eigenvalue weighted by Gasteiger charge is 2.37. The van der Waals surface area contributed by atoms with Gasteiger partial charge in [-0.05, 0) is 63.4 Å². The van der Waals surface area contributed by atoms with Crippen molar-refractivity contribution in [1.29, 1.82) is 0 Å². The maximum atomic E-state index is 12.4. The normalized spacial score (nSPS) is 17.2. The fraction of sp³-hybridized carbons (Fsp3) is 0.529. The van der Waals surface area contributed by atoms with Crippen LogP contribution in [-0.4, -0.2) is 34.1 Å². The molecule has 1 heterocycles. The standard InChI is InChI=1S/C17H21N5O4S2/c1-10(2)20-28(25,26)13-7-8-15(14(9-13)22(23)24)27-17-19-18-16(11-3-4-11)21(17)12-5-6-12/h7-12,20H,3-6H2,1-2H3. The summed E-state index contributed by atoms with van der Waals surface area (Å²) in [7, 11) is -3.81. The van der Waals surface area contributed by atoms with Crippen LogP contribution in [-0.2, 0) is 10.0 Å². The van der Waals surface area contributed by atoms with Crippen molar-refractivity contribution in [2.75, 3.05) is 0 Å². The van der Waals surface area contributed by atoms with Crippen LogP contribution in [0.15, 0.2) is 33.1 Å². The van der Waals surface area contributed by atoms with Crippen molar-refractivity contribution < 1.29 is 13.3 Å². The lowest BCUT2D eigenvalue weighted by atomic mass is 10.3. The molecule has 1 N–H and O–H groups in total. The lowest BCUT2D eigenvalue weighted by Crippen LogP contribution is -2.30. The Balaban J connectivity index is 1.68. The molecular formula is C17H21N5O4S2. The van der Waals surface area contributed by atoms with Crippen molar-refractivity contribution >= 4 is 27.5 Å². The van der Waals surface area contributed by atoms with E-state index in [0.29, 0.717) is 22.0 Å². The molecule has 4 rings (SSSR count). The summed E-state index contributed by atoms with van der Waals surface area (Å²) in [4.78, 5) is 11.3. The van der Waals surface area contributed by atoms with Crippen LogP contribution in [0.25, 0.3) is 0 Å². The number of benzene rings is 1. The minimum atomic E-state index is -3.81. The van der Waals surface area contributed by atoms with E-state index >= 15 is 0 Å². The average molecular weight is 424 g/mol. The zero-order valence-corrected chi connectivity index (χ0v) is 17.2. The summed E-state index contributed by atoms with van der Waals surface area (Å²) in [6.07, 6.45) is 4.33. The highest BCUT2D eigenvalue weighted by molar-refractivity contribution is 7.99. The first-order chi connectivity index (χ1) is 13.3. The van der Waals surface area contributed by atoms with Gasteiger partial charge in [0.2, 0.25) is 10.0 Å². The molecule has 0 aliphatic heterocycles. The van der Waals surface area contributed by atoms with E-state index in [1.807, 2.05) is 0 Å². The Bertz CT molecular complexity index is 1030. The summed E-state index contributed by atoms with van der Waals surface area (Å²) >= 11 is 1.17. The number of nitrogens with zero attached hydrogens (tertiary/aromatic N) is 4. The number of nitrogens with one attached hydrogen (secondary N) is 1. The molecule has 9 nitrogen and oxygen atoms in total. The first-order valence-corrected chi connectivity index (χ1v) is 11.5. The number of sulfonamides is 1. The molecule has 28 heavy (non-hydrogen) atoms. The van der Waals surface area contributed by atoms with E-state index in [9.17, 15) is 18.5 Å². The van der Waals surface area contributed by atoms with Crippen molar-refractivity contribution in [2.24, 2.45) is 0 Å². The van der Waals surface area contributed by atoms with Crippen molar-refractivity contribution in [3.8, 4) is 0 Å². The van der Waals surface area contributed by atoms with Gasteiger partial charge in [0.25, 0.3) is 5.69 Å². The first-order valence-electron chi connectivity index (χ1n) is 9.19. The zero-order valence-electron chi connectivity index (χ0n) is 15.5. The van der Waals surface area contributed by atoms with Crippen molar-refractivity contribution in [3.05, 3.63) is 34.1 Å². The molecule has 2 fully saturated rings. The molecule has 2 saturated carbocycles. The summed E-state index contributed by atoms with van der Waals surface area (Å²) in [6.45, 7) is 3.39. The molecule has 2 aliphatic carbocycles. The maximum absolute atomic E-state index is 12.4. The SMILES string of the molecule is CC(C)NS(=O)(=O)c1ccc(Sc2nnc(C3CC3)n2C2CC2)c([N+](=O)[O-])c1. The van der Waals surface area contributed by atoms with Gasteiger partial charge >= 0.3 is 0 Å².